The maximum Gasteiger partial charge on any atom is 0.270 e. The molecule has 1 aromatic carbocycles. The van der Waals surface area contributed by atoms with E-state index in [0.29, 0.717) is 5.75 Å². The minimum absolute atomic E-state index is 0.0700. The number of aliphatic hydroxyl groups excluding tert-OH is 1. The third-order valence-corrected chi connectivity index (χ3v) is 2.99. The summed E-state index contributed by atoms with van der Waals surface area (Å²) in [6.07, 6.45) is -0.114. The fraction of sp³-hybridized carbons (Fsp3) is 0.200. The molecule has 0 bridgehead atoms. The molecule has 1 amide bonds. The van der Waals surface area contributed by atoms with Crippen LogP contribution in [0.4, 0.5) is 8.78 Å². The molecule has 0 aliphatic rings. The number of carbonyl (C=O) groups excluding carboxylic acids is 1. The summed E-state index contributed by atoms with van der Waals surface area (Å²) in [5, 5.41) is 12.2. The van der Waals surface area contributed by atoms with Crippen LogP contribution in [0.3, 0.4) is 0 Å². The van der Waals surface area contributed by atoms with Crippen LogP contribution in [0.2, 0.25) is 0 Å². The Morgan fingerprint density at radius 3 is 2.68 bits per heavy atom. The number of hydrogen-bond acceptors (Lipinski definition) is 4. The van der Waals surface area contributed by atoms with E-state index in [0.717, 1.165) is 12.1 Å². The van der Waals surface area contributed by atoms with Crippen LogP contribution in [0, 0.1) is 11.6 Å². The molecule has 7 heteroatoms. The van der Waals surface area contributed by atoms with Gasteiger partial charge in [0.15, 0.2) is 0 Å². The molecule has 0 aliphatic carbocycles. The van der Waals surface area contributed by atoms with E-state index >= 15 is 0 Å². The molecule has 1 aromatic heterocycles. The van der Waals surface area contributed by atoms with Gasteiger partial charge in [0.1, 0.15) is 29.2 Å². The maximum absolute atomic E-state index is 13.5. The van der Waals surface area contributed by atoms with Crippen LogP contribution in [0.25, 0.3) is 0 Å². The number of benzene rings is 1. The molecule has 0 radical (unpaired) electrons. The normalized spacial score (nSPS) is 11.8. The highest BCUT2D eigenvalue weighted by Gasteiger charge is 2.19. The summed E-state index contributed by atoms with van der Waals surface area (Å²) in [6, 6.07) is 6.24. The number of aromatic nitrogens is 1. The summed E-state index contributed by atoms with van der Waals surface area (Å²) in [4.78, 5) is 15.7. The molecule has 0 saturated heterocycles. The number of nitrogens with one attached hydrogen (secondary N) is 1. The zero-order valence-electron chi connectivity index (χ0n) is 11.7. The van der Waals surface area contributed by atoms with Gasteiger partial charge < -0.3 is 15.2 Å². The van der Waals surface area contributed by atoms with E-state index in [1.54, 1.807) is 6.07 Å². The summed E-state index contributed by atoms with van der Waals surface area (Å²) in [6.45, 7) is -0.352. The molecule has 2 N–H and O–H groups in total. The van der Waals surface area contributed by atoms with Gasteiger partial charge in [0.2, 0.25) is 0 Å². The Hall–Kier alpha value is -2.54. The summed E-state index contributed by atoms with van der Waals surface area (Å²) in [5.74, 6) is -1.89. The standard InChI is InChI=1S/C15H14F2N2O3/c1-22-9-5-6-18-12(7-9)15(21)19-8-13(20)14-10(16)3-2-4-11(14)17/h2-7,13,20H,8H2,1H3,(H,19,21). The van der Waals surface area contributed by atoms with Gasteiger partial charge in [0.05, 0.1) is 12.7 Å². The third-order valence-electron chi connectivity index (χ3n) is 2.99. The Bertz CT molecular complexity index is 659. The van der Waals surface area contributed by atoms with Gasteiger partial charge >= 0.3 is 0 Å². The molecule has 2 rings (SSSR count). The SMILES string of the molecule is COc1ccnc(C(=O)NCC(O)c2c(F)cccc2F)c1. The second-order valence-electron chi connectivity index (χ2n) is 4.44. The highest BCUT2D eigenvalue weighted by Crippen LogP contribution is 2.20. The monoisotopic (exact) mass is 308 g/mol. The molecule has 0 saturated carbocycles. The Kier molecular flexibility index (Phi) is 5.00. The maximum atomic E-state index is 13.5. The van der Waals surface area contributed by atoms with E-state index in [2.05, 4.69) is 10.3 Å². The number of rotatable bonds is 5. The average Bonchev–Trinajstić information content (AvgIpc) is 2.52. The lowest BCUT2D eigenvalue weighted by Crippen LogP contribution is -2.29. The summed E-state index contributed by atoms with van der Waals surface area (Å²) < 4.78 is 32.0. The minimum Gasteiger partial charge on any atom is -0.497 e. The van der Waals surface area contributed by atoms with Gasteiger partial charge in [0.25, 0.3) is 5.91 Å². The first-order valence-corrected chi connectivity index (χ1v) is 6.43. The molecular weight excluding hydrogens is 294 g/mol. The number of carbonyl (C=O) groups is 1. The predicted octanol–water partition coefficient (Wildman–Crippen LogP) is 1.83. The van der Waals surface area contributed by atoms with Crippen molar-refractivity contribution in [1.29, 1.82) is 0 Å². The van der Waals surface area contributed by atoms with Crippen molar-refractivity contribution >= 4 is 5.91 Å². The van der Waals surface area contributed by atoms with Crippen LogP contribution in [-0.2, 0) is 0 Å². The zero-order valence-corrected chi connectivity index (χ0v) is 11.7. The van der Waals surface area contributed by atoms with Crippen molar-refractivity contribution in [3.8, 4) is 5.75 Å². The number of methoxy groups -OCH3 is 1. The van der Waals surface area contributed by atoms with Gasteiger partial charge in [-0.15, -0.1) is 0 Å². The van der Waals surface area contributed by atoms with Gasteiger partial charge in [-0.2, -0.15) is 0 Å². The quantitative estimate of drug-likeness (QED) is 0.884. The first-order valence-electron chi connectivity index (χ1n) is 6.43. The van der Waals surface area contributed by atoms with Crippen molar-refractivity contribution in [2.24, 2.45) is 0 Å². The van der Waals surface area contributed by atoms with E-state index in [1.165, 1.54) is 25.4 Å². The van der Waals surface area contributed by atoms with Crippen LogP contribution >= 0.6 is 0 Å². The Morgan fingerprint density at radius 1 is 1.36 bits per heavy atom. The average molecular weight is 308 g/mol. The molecule has 0 fully saturated rings. The lowest BCUT2D eigenvalue weighted by atomic mass is 10.1. The predicted molar refractivity (Wildman–Crippen MR) is 74.4 cm³/mol. The third kappa shape index (κ3) is 3.56. The second kappa shape index (κ2) is 6.95. The smallest absolute Gasteiger partial charge is 0.270 e. The van der Waals surface area contributed by atoms with E-state index in [9.17, 15) is 18.7 Å². The lowest BCUT2D eigenvalue weighted by molar-refractivity contribution is 0.0906. The van der Waals surface area contributed by atoms with Crippen molar-refractivity contribution < 1.29 is 23.4 Å². The van der Waals surface area contributed by atoms with Crippen molar-refractivity contribution in [2.75, 3.05) is 13.7 Å². The fourth-order valence-corrected chi connectivity index (χ4v) is 1.87. The highest BCUT2D eigenvalue weighted by atomic mass is 19.1. The van der Waals surface area contributed by atoms with Gasteiger partial charge in [-0.25, -0.2) is 8.78 Å². The van der Waals surface area contributed by atoms with Gasteiger partial charge in [-0.3, -0.25) is 9.78 Å². The van der Waals surface area contributed by atoms with Crippen LogP contribution in [0.1, 0.15) is 22.2 Å². The van der Waals surface area contributed by atoms with Crippen LogP contribution in [0.15, 0.2) is 36.5 Å². The largest absolute Gasteiger partial charge is 0.497 e. The van der Waals surface area contributed by atoms with Crippen LogP contribution in [-0.4, -0.2) is 29.7 Å². The van der Waals surface area contributed by atoms with Gasteiger partial charge in [0, 0.05) is 18.8 Å². The zero-order chi connectivity index (χ0) is 16.1. The van der Waals surface area contributed by atoms with E-state index < -0.39 is 29.2 Å². The molecule has 0 aliphatic heterocycles. The first kappa shape index (κ1) is 15.8. The number of ether oxygens (including phenoxy) is 1. The second-order valence-corrected chi connectivity index (χ2v) is 4.44. The molecule has 1 heterocycles. The van der Waals surface area contributed by atoms with E-state index in [1.807, 2.05) is 0 Å². The molecule has 1 atom stereocenters. The summed E-state index contributed by atoms with van der Waals surface area (Å²) >= 11 is 0. The van der Waals surface area contributed by atoms with Crippen molar-refractivity contribution in [3.63, 3.8) is 0 Å². The highest BCUT2D eigenvalue weighted by molar-refractivity contribution is 5.92. The Morgan fingerprint density at radius 2 is 2.05 bits per heavy atom. The topological polar surface area (TPSA) is 71.5 Å². The summed E-state index contributed by atoms with van der Waals surface area (Å²) in [7, 11) is 1.45. The van der Waals surface area contributed by atoms with Crippen LogP contribution < -0.4 is 10.1 Å². The Balaban J connectivity index is 2.04. The van der Waals surface area contributed by atoms with E-state index in [-0.39, 0.29) is 12.2 Å². The fourth-order valence-electron chi connectivity index (χ4n) is 1.87. The number of halogens is 2. The number of nitrogens with zero attached hydrogens (tertiary/aromatic N) is 1. The van der Waals surface area contributed by atoms with Gasteiger partial charge in [-0.1, -0.05) is 6.07 Å². The van der Waals surface area contributed by atoms with Gasteiger partial charge in [-0.05, 0) is 18.2 Å². The van der Waals surface area contributed by atoms with Crippen molar-refractivity contribution in [1.82, 2.24) is 10.3 Å². The number of pyridine rings is 1. The molecule has 5 nitrogen and oxygen atoms in total. The molecular formula is C15H14F2N2O3. The van der Waals surface area contributed by atoms with E-state index in [4.69, 9.17) is 4.74 Å². The minimum atomic E-state index is -1.50. The Labute approximate surface area is 125 Å². The lowest BCUT2D eigenvalue weighted by Gasteiger charge is -2.13. The molecule has 1 unspecified atom stereocenters. The molecule has 0 spiro atoms. The molecule has 2 aromatic rings. The number of hydrogen-bond donors (Lipinski definition) is 2. The first-order chi connectivity index (χ1) is 10.5. The van der Waals surface area contributed by atoms with Crippen LogP contribution in [0.5, 0.6) is 5.75 Å². The molecule has 116 valence electrons. The van der Waals surface area contributed by atoms with Crippen molar-refractivity contribution in [3.05, 3.63) is 59.4 Å². The number of aliphatic hydroxyl groups is 1. The number of amides is 1. The summed E-state index contributed by atoms with van der Waals surface area (Å²) in [5.41, 5.74) is -0.415. The van der Waals surface area contributed by atoms with Crippen molar-refractivity contribution in [2.45, 2.75) is 6.10 Å². The molecule has 22 heavy (non-hydrogen) atoms.